The van der Waals surface area contributed by atoms with E-state index in [0.717, 1.165) is 5.56 Å². The topological polar surface area (TPSA) is 57.5 Å². The van der Waals surface area contributed by atoms with Gasteiger partial charge in [-0.3, -0.25) is 0 Å². The van der Waals surface area contributed by atoms with Crippen molar-refractivity contribution in [3.05, 3.63) is 29.8 Å². The highest BCUT2D eigenvalue weighted by molar-refractivity contribution is 5.61. The molecule has 0 spiro atoms. The predicted molar refractivity (Wildman–Crippen MR) is 53.1 cm³/mol. The third kappa shape index (κ3) is 3.18. The lowest BCUT2D eigenvalue weighted by atomic mass is 9.98. The Hall–Kier alpha value is -1.35. The van der Waals surface area contributed by atoms with Crippen LogP contribution in [0.2, 0.25) is 0 Å². The van der Waals surface area contributed by atoms with E-state index >= 15 is 0 Å². The van der Waals surface area contributed by atoms with Crippen molar-refractivity contribution in [1.82, 2.24) is 0 Å². The van der Waals surface area contributed by atoms with Gasteiger partial charge in [-0.15, -0.1) is 0 Å². The van der Waals surface area contributed by atoms with Crippen LogP contribution in [0.3, 0.4) is 0 Å². The van der Waals surface area contributed by atoms with Crippen LogP contribution in [-0.2, 0) is 11.2 Å². The van der Waals surface area contributed by atoms with Crippen LogP contribution in [0, 0.1) is 0 Å². The van der Waals surface area contributed by atoms with Gasteiger partial charge in [-0.2, -0.15) is 0 Å². The number of hydrogen-bond acceptors (Lipinski definition) is 3. The first-order valence-corrected chi connectivity index (χ1v) is 4.50. The van der Waals surface area contributed by atoms with Gasteiger partial charge in [0.25, 0.3) is 0 Å². The van der Waals surface area contributed by atoms with Crippen LogP contribution in [0.25, 0.3) is 0 Å². The fourth-order valence-electron chi connectivity index (χ4n) is 1.12. The highest BCUT2D eigenvalue weighted by Gasteiger charge is 2.18. The second-order valence-electron chi connectivity index (χ2n) is 3.64. The number of aryl methyl sites for hydroxylation is 1. The quantitative estimate of drug-likeness (QED) is 0.710. The Balaban J connectivity index is 2.54. The van der Waals surface area contributed by atoms with E-state index in [-0.39, 0.29) is 5.75 Å². The number of hydrogen-bond donors (Lipinski definition) is 2. The Bertz CT molecular complexity index is 301. The van der Waals surface area contributed by atoms with Crippen LogP contribution in [0.15, 0.2) is 24.3 Å². The molecule has 0 aliphatic rings. The lowest BCUT2D eigenvalue weighted by molar-refractivity contribution is -0.122. The molecule has 14 heavy (non-hydrogen) atoms. The molecule has 3 nitrogen and oxygen atoms in total. The Morgan fingerprint density at radius 2 is 1.93 bits per heavy atom. The minimum absolute atomic E-state index is 0.218. The first kappa shape index (κ1) is 10.7. The van der Waals surface area contributed by atoms with Gasteiger partial charge >= 0.3 is 0 Å². The van der Waals surface area contributed by atoms with Crippen molar-refractivity contribution < 1.29 is 15.0 Å². The molecule has 1 rings (SSSR count). The Labute approximate surface area is 83.0 Å². The average molecular weight is 194 g/mol. The van der Waals surface area contributed by atoms with Crippen molar-refractivity contribution in [2.24, 2.45) is 0 Å². The summed E-state index contributed by atoms with van der Waals surface area (Å²) in [5, 5.41) is 18.4. The molecule has 0 aliphatic carbocycles. The van der Waals surface area contributed by atoms with Crippen LogP contribution in [0.5, 0.6) is 5.75 Å². The van der Waals surface area contributed by atoms with E-state index in [1.807, 2.05) is 0 Å². The zero-order valence-corrected chi connectivity index (χ0v) is 8.10. The first-order chi connectivity index (χ1) is 6.53. The van der Waals surface area contributed by atoms with Crippen LogP contribution >= 0.6 is 0 Å². The van der Waals surface area contributed by atoms with E-state index in [4.69, 9.17) is 5.11 Å². The number of aldehydes is 1. The molecule has 0 fully saturated rings. The fraction of sp³-hybridized carbons (Fsp3) is 0.364. The zero-order chi connectivity index (χ0) is 10.6. The number of benzene rings is 1. The molecule has 76 valence electrons. The molecule has 0 saturated carbocycles. The van der Waals surface area contributed by atoms with Crippen molar-refractivity contribution in [3.63, 3.8) is 0 Å². The first-order valence-electron chi connectivity index (χ1n) is 4.50. The van der Waals surface area contributed by atoms with Gasteiger partial charge in [0.05, 0.1) is 0 Å². The van der Waals surface area contributed by atoms with Crippen molar-refractivity contribution in [3.8, 4) is 5.75 Å². The highest BCUT2D eigenvalue weighted by atomic mass is 16.3. The number of phenols is 1. The lowest BCUT2D eigenvalue weighted by Crippen LogP contribution is -2.26. The molecule has 0 radical (unpaired) electrons. The molecular formula is C11H14O3. The summed E-state index contributed by atoms with van der Waals surface area (Å²) in [5.74, 6) is 0.218. The summed E-state index contributed by atoms with van der Waals surface area (Å²) in [7, 11) is 0. The second kappa shape index (κ2) is 4.24. The summed E-state index contributed by atoms with van der Waals surface area (Å²) in [6, 6.07) is 6.72. The van der Waals surface area contributed by atoms with Gasteiger partial charge in [-0.05, 0) is 37.5 Å². The van der Waals surface area contributed by atoms with Crippen molar-refractivity contribution in [2.75, 3.05) is 0 Å². The smallest absolute Gasteiger partial charge is 0.151 e. The summed E-state index contributed by atoms with van der Waals surface area (Å²) in [6.07, 6.45) is 1.56. The molecule has 1 aromatic rings. The van der Waals surface area contributed by atoms with Crippen molar-refractivity contribution in [2.45, 2.75) is 25.4 Å². The number of aromatic hydroxyl groups is 1. The van der Waals surface area contributed by atoms with E-state index in [1.54, 1.807) is 24.3 Å². The maximum atomic E-state index is 10.4. The van der Waals surface area contributed by atoms with Gasteiger partial charge in [0, 0.05) is 0 Å². The summed E-state index contributed by atoms with van der Waals surface area (Å²) < 4.78 is 0. The summed E-state index contributed by atoms with van der Waals surface area (Å²) in [4.78, 5) is 10.4. The molecule has 0 aromatic heterocycles. The monoisotopic (exact) mass is 194 g/mol. The van der Waals surface area contributed by atoms with Gasteiger partial charge in [0.15, 0.2) is 6.29 Å². The highest BCUT2D eigenvalue weighted by Crippen LogP contribution is 2.14. The number of carbonyl (C=O) groups is 1. The van der Waals surface area contributed by atoms with E-state index in [0.29, 0.717) is 19.1 Å². The summed E-state index contributed by atoms with van der Waals surface area (Å²) >= 11 is 0. The Kier molecular flexibility index (Phi) is 3.25. The van der Waals surface area contributed by atoms with Crippen LogP contribution in [0.1, 0.15) is 18.9 Å². The third-order valence-corrected chi connectivity index (χ3v) is 2.11. The maximum Gasteiger partial charge on any atom is 0.151 e. The zero-order valence-electron chi connectivity index (χ0n) is 8.10. The largest absolute Gasteiger partial charge is 0.508 e. The standard InChI is InChI=1S/C11H14O3/c1-11(14,8-12)7-6-9-2-4-10(13)5-3-9/h2-5,8,13-14H,6-7H2,1H3. The van der Waals surface area contributed by atoms with Gasteiger partial charge in [-0.1, -0.05) is 12.1 Å². The molecule has 3 heteroatoms. The van der Waals surface area contributed by atoms with E-state index < -0.39 is 5.60 Å². The molecule has 1 unspecified atom stereocenters. The predicted octanol–water partition coefficient (Wildman–Crippen LogP) is 1.27. The van der Waals surface area contributed by atoms with Crippen LogP contribution < -0.4 is 0 Å². The normalized spacial score (nSPS) is 14.7. The third-order valence-electron chi connectivity index (χ3n) is 2.11. The molecule has 0 bridgehead atoms. The minimum Gasteiger partial charge on any atom is -0.508 e. The minimum atomic E-state index is -1.25. The molecule has 2 N–H and O–H groups in total. The van der Waals surface area contributed by atoms with Crippen LogP contribution in [-0.4, -0.2) is 22.1 Å². The van der Waals surface area contributed by atoms with Gasteiger partial charge in [0.2, 0.25) is 0 Å². The van der Waals surface area contributed by atoms with Crippen molar-refractivity contribution >= 4 is 6.29 Å². The van der Waals surface area contributed by atoms with Crippen LogP contribution in [0.4, 0.5) is 0 Å². The molecule has 0 aliphatic heterocycles. The van der Waals surface area contributed by atoms with E-state index in [2.05, 4.69) is 0 Å². The average Bonchev–Trinajstić information content (AvgIpc) is 2.17. The maximum absolute atomic E-state index is 10.4. The molecule has 1 aromatic carbocycles. The fourth-order valence-corrected chi connectivity index (χ4v) is 1.12. The van der Waals surface area contributed by atoms with Gasteiger partial charge in [-0.25, -0.2) is 0 Å². The summed E-state index contributed by atoms with van der Waals surface area (Å²) in [6.45, 7) is 1.49. The number of phenolic OH excluding ortho intramolecular Hbond substituents is 1. The summed E-state index contributed by atoms with van der Waals surface area (Å²) in [5.41, 5.74) is -0.261. The molecular weight excluding hydrogens is 180 g/mol. The van der Waals surface area contributed by atoms with Gasteiger partial charge in [0.1, 0.15) is 11.4 Å². The Morgan fingerprint density at radius 3 is 2.43 bits per heavy atom. The number of aliphatic hydroxyl groups is 1. The SMILES string of the molecule is CC(O)(C=O)CCc1ccc(O)cc1. The van der Waals surface area contributed by atoms with E-state index in [9.17, 15) is 9.90 Å². The Morgan fingerprint density at radius 1 is 1.36 bits per heavy atom. The molecule has 0 amide bonds. The molecule has 1 atom stereocenters. The van der Waals surface area contributed by atoms with Crippen molar-refractivity contribution in [1.29, 1.82) is 0 Å². The number of rotatable bonds is 4. The van der Waals surface area contributed by atoms with E-state index in [1.165, 1.54) is 6.92 Å². The number of carbonyl (C=O) groups excluding carboxylic acids is 1. The second-order valence-corrected chi connectivity index (χ2v) is 3.64. The lowest BCUT2D eigenvalue weighted by Gasteiger charge is -2.14. The molecule has 0 heterocycles. The van der Waals surface area contributed by atoms with Gasteiger partial charge < -0.3 is 15.0 Å². The molecule has 0 saturated heterocycles.